The maximum Gasteiger partial charge on any atom is 0.347 e. The van der Waals surface area contributed by atoms with Crippen LogP contribution in [0.2, 0.25) is 0 Å². The lowest BCUT2D eigenvalue weighted by Crippen LogP contribution is -2.32. The Labute approximate surface area is 264 Å². The molecule has 0 heterocycles. The first-order valence-electron chi connectivity index (χ1n) is 13.1. The molecule has 1 amide bonds. The van der Waals surface area contributed by atoms with Gasteiger partial charge in [0, 0.05) is 27.5 Å². The van der Waals surface area contributed by atoms with Gasteiger partial charge in [0.25, 0.3) is 18.5 Å². The minimum atomic E-state index is -1.86. The number of carboxylic acid groups (broad SMARTS) is 1. The zero-order chi connectivity index (χ0) is 33.8. The van der Waals surface area contributed by atoms with E-state index in [2.05, 4.69) is 15.5 Å². The molecule has 0 saturated heterocycles. The van der Waals surface area contributed by atoms with Crippen LogP contribution in [-0.2, 0) is 9.59 Å². The van der Waals surface area contributed by atoms with E-state index in [1.165, 1.54) is 60.7 Å². The van der Waals surface area contributed by atoms with Crippen LogP contribution in [-0.4, -0.2) is 62.9 Å². The number of carboxylic acids is 1. The summed E-state index contributed by atoms with van der Waals surface area (Å²) in [4.78, 5) is 68.5. The number of azo groups is 1. The number of esters is 2. The SMILES string of the molecule is NC(=S)c1ccc(OC(=O)c2cc(N=Nc3ccc(C(=O)NCCC(=O)O)cc3)ccc2OC(=O)CC(C[N+](=O)[O-])[N+](=O)[O-])cc1. The highest BCUT2D eigenvalue weighted by molar-refractivity contribution is 7.80. The van der Waals surface area contributed by atoms with E-state index in [4.69, 9.17) is 32.5 Å². The van der Waals surface area contributed by atoms with Crippen LogP contribution < -0.4 is 20.5 Å². The van der Waals surface area contributed by atoms with Crippen LogP contribution in [0.4, 0.5) is 11.4 Å². The summed E-state index contributed by atoms with van der Waals surface area (Å²) in [6.45, 7) is -1.16. The van der Waals surface area contributed by atoms with Gasteiger partial charge in [-0.15, -0.1) is 0 Å². The average Bonchev–Trinajstić information content (AvgIpc) is 3.00. The Kier molecular flexibility index (Phi) is 12.0. The number of hydrogen-bond acceptors (Lipinski definition) is 13. The number of rotatable bonds is 15. The van der Waals surface area contributed by atoms with Crippen LogP contribution in [0.15, 0.2) is 77.0 Å². The van der Waals surface area contributed by atoms with Crippen LogP contribution in [0.25, 0.3) is 0 Å². The molecule has 3 rings (SSSR count). The van der Waals surface area contributed by atoms with E-state index in [1.807, 2.05) is 0 Å². The highest BCUT2D eigenvalue weighted by Crippen LogP contribution is 2.28. The van der Waals surface area contributed by atoms with Gasteiger partial charge in [-0.3, -0.25) is 34.6 Å². The van der Waals surface area contributed by atoms with Crippen LogP contribution in [0.5, 0.6) is 11.5 Å². The Morgan fingerprint density at radius 3 is 2.11 bits per heavy atom. The summed E-state index contributed by atoms with van der Waals surface area (Å²) >= 11 is 4.90. The number of benzene rings is 3. The van der Waals surface area contributed by atoms with E-state index >= 15 is 0 Å². The molecule has 0 aliphatic heterocycles. The fourth-order valence-corrected chi connectivity index (χ4v) is 3.73. The summed E-state index contributed by atoms with van der Waals surface area (Å²) in [5.74, 6) is -4.06. The molecule has 0 fully saturated rings. The van der Waals surface area contributed by atoms with Gasteiger partial charge in [0.15, 0.2) is 0 Å². The van der Waals surface area contributed by atoms with Gasteiger partial charge in [0.05, 0.1) is 17.8 Å². The summed E-state index contributed by atoms with van der Waals surface area (Å²) in [7, 11) is 0. The minimum Gasteiger partial charge on any atom is -0.481 e. The third-order valence-corrected chi connectivity index (χ3v) is 6.09. The molecule has 0 aromatic heterocycles. The molecule has 0 saturated carbocycles. The van der Waals surface area contributed by atoms with Crippen LogP contribution >= 0.6 is 12.2 Å². The van der Waals surface area contributed by atoms with E-state index in [0.717, 1.165) is 6.07 Å². The van der Waals surface area contributed by atoms with Gasteiger partial charge >= 0.3 is 17.9 Å². The number of nitrogens with two attached hydrogens (primary N) is 1. The van der Waals surface area contributed by atoms with E-state index in [9.17, 15) is 39.4 Å². The van der Waals surface area contributed by atoms with E-state index in [1.54, 1.807) is 0 Å². The summed E-state index contributed by atoms with van der Waals surface area (Å²) in [5.41, 5.74) is 6.39. The second-order valence-electron chi connectivity index (χ2n) is 9.24. The molecule has 0 spiro atoms. The van der Waals surface area contributed by atoms with Crippen molar-refractivity contribution in [2.75, 3.05) is 13.1 Å². The molecular formula is C28H24N6O11S. The van der Waals surface area contributed by atoms with Gasteiger partial charge in [0.1, 0.15) is 28.5 Å². The van der Waals surface area contributed by atoms with Crippen LogP contribution in [0.1, 0.15) is 39.1 Å². The van der Waals surface area contributed by atoms with Crippen molar-refractivity contribution < 1.29 is 43.6 Å². The molecule has 4 N–H and O–H groups in total. The average molecular weight is 653 g/mol. The van der Waals surface area contributed by atoms with Crippen molar-refractivity contribution >= 4 is 52.4 Å². The second-order valence-corrected chi connectivity index (χ2v) is 9.68. The lowest BCUT2D eigenvalue weighted by Gasteiger charge is -2.11. The number of carbonyl (C=O) groups is 4. The fraction of sp³-hybridized carbons (Fsp3) is 0.179. The van der Waals surface area contributed by atoms with Crippen molar-refractivity contribution in [3.8, 4) is 11.5 Å². The number of amides is 1. The Balaban J connectivity index is 1.83. The molecule has 18 heteroatoms. The molecule has 238 valence electrons. The number of ether oxygens (including phenoxy) is 2. The lowest BCUT2D eigenvalue weighted by atomic mass is 10.1. The maximum atomic E-state index is 13.1. The molecule has 1 atom stereocenters. The van der Waals surface area contributed by atoms with E-state index in [0.29, 0.717) is 11.3 Å². The molecule has 0 radical (unpaired) electrons. The summed E-state index contributed by atoms with van der Waals surface area (Å²) in [6.07, 6.45) is -1.18. The summed E-state index contributed by atoms with van der Waals surface area (Å²) < 4.78 is 10.5. The first-order valence-corrected chi connectivity index (χ1v) is 13.5. The number of carbonyl (C=O) groups excluding carboxylic acids is 3. The molecule has 3 aromatic rings. The number of nitrogens with zero attached hydrogens (tertiary/aromatic N) is 4. The van der Waals surface area contributed by atoms with Crippen LogP contribution in [0.3, 0.4) is 0 Å². The normalized spacial score (nSPS) is 11.3. The maximum absolute atomic E-state index is 13.1. The van der Waals surface area contributed by atoms with Crippen molar-refractivity contribution in [3.05, 3.63) is 104 Å². The molecular weight excluding hydrogens is 628 g/mol. The van der Waals surface area contributed by atoms with E-state index in [-0.39, 0.29) is 46.3 Å². The van der Waals surface area contributed by atoms with Crippen molar-refractivity contribution in [1.82, 2.24) is 5.32 Å². The third kappa shape index (κ3) is 10.5. The fourth-order valence-electron chi connectivity index (χ4n) is 3.59. The molecule has 0 bridgehead atoms. The zero-order valence-electron chi connectivity index (χ0n) is 23.6. The van der Waals surface area contributed by atoms with Gasteiger partial charge in [-0.25, -0.2) is 4.79 Å². The van der Waals surface area contributed by atoms with Gasteiger partial charge in [-0.1, -0.05) is 12.2 Å². The van der Waals surface area contributed by atoms with Crippen molar-refractivity contribution in [1.29, 1.82) is 0 Å². The van der Waals surface area contributed by atoms with Gasteiger partial charge in [-0.2, -0.15) is 10.2 Å². The van der Waals surface area contributed by atoms with E-state index < -0.39 is 52.7 Å². The second kappa shape index (κ2) is 16.1. The quantitative estimate of drug-likeness (QED) is 0.0532. The highest BCUT2D eigenvalue weighted by Gasteiger charge is 2.31. The van der Waals surface area contributed by atoms with Crippen molar-refractivity contribution in [3.63, 3.8) is 0 Å². The predicted octanol–water partition coefficient (Wildman–Crippen LogP) is 3.38. The molecule has 3 aromatic carbocycles. The first-order chi connectivity index (χ1) is 21.8. The molecule has 1 unspecified atom stereocenters. The standard InChI is InChI=1S/C28H24N6O11S/c29-26(46)16-3-8-21(9-4-16)44-28(39)22-13-19(7-10-23(22)45-25(37)14-20(34(42)43)15-33(40)41)32-31-18-5-1-17(2-6-18)27(38)30-12-11-24(35)36/h1-10,13,20H,11-12,14-15H2,(H2,29,46)(H,30,38)(H,35,36). The topological polar surface area (TPSA) is 256 Å². The zero-order valence-corrected chi connectivity index (χ0v) is 24.4. The molecule has 46 heavy (non-hydrogen) atoms. The number of thiocarbonyl (C=S) groups is 1. The number of nitro groups is 2. The Hall–Kier alpha value is -6.17. The molecule has 0 aliphatic rings. The number of nitrogens with one attached hydrogen (secondary N) is 1. The van der Waals surface area contributed by atoms with Gasteiger partial charge < -0.3 is 25.6 Å². The van der Waals surface area contributed by atoms with Gasteiger partial charge in [0.2, 0.25) is 0 Å². The number of aliphatic carboxylic acids is 1. The minimum absolute atomic E-state index is 0.0476. The largest absolute Gasteiger partial charge is 0.481 e. The smallest absolute Gasteiger partial charge is 0.347 e. The van der Waals surface area contributed by atoms with Crippen LogP contribution in [0, 0.1) is 20.2 Å². The predicted molar refractivity (Wildman–Crippen MR) is 162 cm³/mol. The Morgan fingerprint density at radius 1 is 0.913 bits per heavy atom. The van der Waals surface area contributed by atoms with Crippen molar-refractivity contribution in [2.45, 2.75) is 18.9 Å². The summed E-state index contributed by atoms with van der Waals surface area (Å²) in [5, 5.41) is 41.1. The highest BCUT2D eigenvalue weighted by atomic mass is 32.1. The number of hydrogen-bond donors (Lipinski definition) is 3. The Bertz CT molecular complexity index is 1690. The first kappa shape index (κ1) is 34.3. The van der Waals surface area contributed by atoms with Crippen molar-refractivity contribution in [2.24, 2.45) is 16.0 Å². The Morgan fingerprint density at radius 2 is 1.52 bits per heavy atom. The molecule has 17 nitrogen and oxygen atoms in total. The monoisotopic (exact) mass is 652 g/mol. The third-order valence-electron chi connectivity index (χ3n) is 5.85. The lowest BCUT2D eigenvalue weighted by molar-refractivity contribution is -0.586. The molecule has 0 aliphatic carbocycles. The van der Waals surface area contributed by atoms with Gasteiger partial charge in [-0.05, 0) is 66.7 Å². The summed E-state index contributed by atoms with van der Waals surface area (Å²) in [6, 6.07) is 13.4.